The van der Waals surface area contributed by atoms with Gasteiger partial charge in [0.2, 0.25) is 0 Å². The first-order valence-corrected chi connectivity index (χ1v) is 9.10. The SMILES string of the molecule is CC.CCc1ncc2cc(C3C(C)=CC=C4C(=O)N=CC=C43)ccc2n1. The van der Waals surface area contributed by atoms with Crippen LogP contribution in [0.25, 0.3) is 10.9 Å². The lowest BCUT2D eigenvalue weighted by atomic mass is 9.77. The van der Waals surface area contributed by atoms with Gasteiger partial charge in [-0.05, 0) is 42.3 Å². The Kier molecular flexibility index (Phi) is 5.21. The molecule has 26 heavy (non-hydrogen) atoms. The number of carbonyl (C=O) groups is 1. The van der Waals surface area contributed by atoms with Crippen molar-refractivity contribution in [2.45, 2.75) is 40.0 Å². The molecule has 2 heterocycles. The molecule has 0 spiro atoms. The zero-order valence-corrected chi connectivity index (χ0v) is 15.7. The number of aliphatic imine (C=N–C) groups is 1. The fraction of sp³-hybridized carbons (Fsp3) is 0.273. The summed E-state index contributed by atoms with van der Waals surface area (Å²) in [7, 11) is 0. The standard InChI is InChI=1S/C20H17N3O.C2H6/c1-3-18-22-11-14-10-13(5-7-17(14)23-18)19-12(2)4-6-16-15(19)8-9-21-20(16)24;1-2/h4-11,19H,3H2,1-2H3;1-2H3. The molecule has 2 aromatic rings. The highest BCUT2D eigenvalue weighted by Crippen LogP contribution is 2.40. The minimum absolute atomic E-state index is 0.0657. The highest BCUT2D eigenvalue weighted by atomic mass is 16.1. The second kappa shape index (κ2) is 7.56. The maximum Gasteiger partial charge on any atom is 0.277 e. The maximum atomic E-state index is 12.0. The van der Waals surface area contributed by atoms with E-state index in [1.54, 1.807) is 6.21 Å². The van der Waals surface area contributed by atoms with Gasteiger partial charge in [-0.2, -0.15) is 0 Å². The molecule has 132 valence electrons. The van der Waals surface area contributed by atoms with Gasteiger partial charge in [0.05, 0.1) is 5.52 Å². The number of allylic oxidation sites excluding steroid dienone is 4. The molecular weight excluding hydrogens is 322 g/mol. The summed E-state index contributed by atoms with van der Waals surface area (Å²) >= 11 is 0. The lowest BCUT2D eigenvalue weighted by Gasteiger charge is -2.27. The molecule has 0 N–H and O–H groups in total. The smallest absolute Gasteiger partial charge is 0.267 e. The number of nitrogens with zero attached hydrogens (tertiary/aromatic N) is 3. The van der Waals surface area contributed by atoms with Crippen molar-refractivity contribution in [3.63, 3.8) is 0 Å². The zero-order chi connectivity index (χ0) is 18.7. The largest absolute Gasteiger partial charge is 0.277 e. The number of aromatic nitrogens is 2. The summed E-state index contributed by atoms with van der Waals surface area (Å²) in [5.74, 6) is 0.750. The van der Waals surface area contributed by atoms with E-state index in [2.05, 4.69) is 34.0 Å². The Labute approximate surface area is 154 Å². The molecule has 1 amide bonds. The number of hydrogen-bond acceptors (Lipinski definition) is 3. The molecule has 0 bridgehead atoms. The van der Waals surface area contributed by atoms with Gasteiger partial charge >= 0.3 is 0 Å². The van der Waals surface area contributed by atoms with Crippen LogP contribution in [0.2, 0.25) is 0 Å². The van der Waals surface area contributed by atoms with Crippen LogP contribution in [0, 0.1) is 0 Å². The molecule has 0 fully saturated rings. The van der Waals surface area contributed by atoms with Gasteiger partial charge in [0, 0.05) is 35.7 Å². The number of carbonyl (C=O) groups excluding carboxylic acids is 1. The van der Waals surface area contributed by atoms with Crippen LogP contribution in [0.15, 0.2) is 64.3 Å². The highest BCUT2D eigenvalue weighted by Gasteiger charge is 2.28. The number of rotatable bonds is 2. The van der Waals surface area contributed by atoms with E-state index in [0.717, 1.165) is 34.3 Å². The molecule has 2 aliphatic rings. The Hall–Kier alpha value is -2.88. The van der Waals surface area contributed by atoms with Crippen molar-refractivity contribution in [2.75, 3.05) is 0 Å². The predicted octanol–water partition coefficient (Wildman–Crippen LogP) is 4.73. The van der Waals surface area contributed by atoms with Crippen LogP contribution < -0.4 is 0 Å². The third-order valence-corrected chi connectivity index (χ3v) is 4.57. The molecule has 1 atom stereocenters. The van der Waals surface area contributed by atoms with Gasteiger partial charge in [-0.3, -0.25) is 4.79 Å². The molecule has 1 aromatic carbocycles. The summed E-state index contributed by atoms with van der Waals surface area (Å²) in [6, 6.07) is 6.25. The van der Waals surface area contributed by atoms with Crippen molar-refractivity contribution in [1.82, 2.24) is 9.97 Å². The summed E-state index contributed by atoms with van der Waals surface area (Å²) < 4.78 is 0. The van der Waals surface area contributed by atoms with Crippen molar-refractivity contribution in [2.24, 2.45) is 4.99 Å². The van der Waals surface area contributed by atoms with Crippen molar-refractivity contribution in [3.8, 4) is 0 Å². The second-order valence-corrected chi connectivity index (χ2v) is 6.09. The van der Waals surface area contributed by atoms with Crippen molar-refractivity contribution in [3.05, 3.63) is 70.7 Å². The van der Waals surface area contributed by atoms with Crippen molar-refractivity contribution in [1.29, 1.82) is 0 Å². The van der Waals surface area contributed by atoms with Gasteiger partial charge in [0.1, 0.15) is 5.82 Å². The molecule has 1 unspecified atom stereocenters. The Morgan fingerprint density at radius 3 is 2.69 bits per heavy atom. The third kappa shape index (κ3) is 3.15. The van der Waals surface area contributed by atoms with Crippen LogP contribution in [-0.2, 0) is 11.2 Å². The quantitative estimate of drug-likeness (QED) is 0.791. The maximum absolute atomic E-state index is 12.0. The normalized spacial score (nSPS) is 18.4. The van der Waals surface area contributed by atoms with Crippen LogP contribution in [0.3, 0.4) is 0 Å². The number of fused-ring (bicyclic) bond motifs is 2. The molecule has 4 nitrogen and oxygen atoms in total. The van der Waals surface area contributed by atoms with Gasteiger partial charge in [0.15, 0.2) is 0 Å². The Balaban J connectivity index is 0.000000948. The highest BCUT2D eigenvalue weighted by molar-refractivity contribution is 6.08. The topological polar surface area (TPSA) is 55.2 Å². The summed E-state index contributed by atoms with van der Waals surface area (Å²) in [6.45, 7) is 8.14. The lowest BCUT2D eigenvalue weighted by molar-refractivity contribution is -0.114. The monoisotopic (exact) mass is 345 g/mol. The fourth-order valence-corrected chi connectivity index (χ4v) is 3.33. The third-order valence-electron chi connectivity index (χ3n) is 4.57. The molecule has 1 aliphatic carbocycles. The van der Waals surface area contributed by atoms with Crippen LogP contribution in [0.1, 0.15) is 45.0 Å². The van der Waals surface area contributed by atoms with E-state index in [1.165, 1.54) is 5.57 Å². The van der Waals surface area contributed by atoms with Gasteiger partial charge in [0.25, 0.3) is 5.91 Å². The van der Waals surface area contributed by atoms with E-state index in [0.29, 0.717) is 5.57 Å². The molecular formula is C22H23N3O. The van der Waals surface area contributed by atoms with E-state index in [1.807, 2.05) is 51.3 Å². The van der Waals surface area contributed by atoms with Crippen LogP contribution in [0.4, 0.5) is 0 Å². The van der Waals surface area contributed by atoms with E-state index in [-0.39, 0.29) is 11.8 Å². The van der Waals surface area contributed by atoms with Gasteiger partial charge in [-0.25, -0.2) is 15.0 Å². The first-order chi connectivity index (χ1) is 12.7. The molecule has 0 radical (unpaired) electrons. The van der Waals surface area contributed by atoms with Crippen LogP contribution >= 0.6 is 0 Å². The number of amides is 1. The minimum atomic E-state index is -0.169. The first-order valence-electron chi connectivity index (χ1n) is 9.10. The second-order valence-electron chi connectivity index (χ2n) is 6.09. The van der Waals surface area contributed by atoms with Crippen molar-refractivity contribution >= 4 is 23.0 Å². The molecule has 4 heteroatoms. The average molecular weight is 345 g/mol. The minimum Gasteiger partial charge on any atom is -0.267 e. The summed E-state index contributed by atoms with van der Waals surface area (Å²) in [5.41, 5.74) is 5.00. The van der Waals surface area contributed by atoms with Crippen molar-refractivity contribution < 1.29 is 4.79 Å². The van der Waals surface area contributed by atoms with Gasteiger partial charge < -0.3 is 0 Å². The zero-order valence-electron chi connectivity index (χ0n) is 15.7. The summed E-state index contributed by atoms with van der Waals surface area (Å²) in [6.07, 6.45) is 10.1. The first kappa shape index (κ1) is 17.9. The van der Waals surface area contributed by atoms with Crippen LogP contribution in [-0.4, -0.2) is 22.1 Å². The molecule has 1 aliphatic heterocycles. The number of aryl methyl sites for hydroxylation is 1. The predicted molar refractivity (Wildman–Crippen MR) is 106 cm³/mol. The average Bonchev–Trinajstić information content (AvgIpc) is 2.69. The van der Waals surface area contributed by atoms with E-state index < -0.39 is 0 Å². The summed E-state index contributed by atoms with van der Waals surface area (Å²) in [5, 5.41) is 1.02. The Morgan fingerprint density at radius 1 is 1.12 bits per heavy atom. The van der Waals surface area contributed by atoms with Crippen LogP contribution in [0.5, 0.6) is 0 Å². The Bertz CT molecular complexity index is 980. The molecule has 4 rings (SSSR count). The number of hydrogen-bond donors (Lipinski definition) is 0. The molecule has 0 saturated heterocycles. The molecule has 1 aromatic heterocycles. The van der Waals surface area contributed by atoms with E-state index in [9.17, 15) is 4.79 Å². The Morgan fingerprint density at radius 2 is 1.92 bits per heavy atom. The van der Waals surface area contributed by atoms with E-state index >= 15 is 0 Å². The summed E-state index contributed by atoms with van der Waals surface area (Å²) in [4.78, 5) is 24.9. The van der Waals surface area contributed by atoms with E-state index in [4.69, 9.17) is 0 Å². The van der Waals surface area contributed by atoms with Gasteiger partial charge in [-0.1, -0.05) is 38.5 Å². The number of dihydropyridines is 1. The molecule has 0 saturated carbocycles. The fourth-order valence-electron chi connectivity index (χ4n) is 3.33. The van der Waals surface area contributed by atoms with Gasteiger partial charge in [-0.15, -0.1) is 0 Å². The lowest BCUT2D eigenvalue weighted by Crippen LogP contribution is -2.17. The number of benzene rings is 1.